The van der Waals surface area contributed by atoms with Gasteiger partial charge in [0.1, 0.15) is 11.6 Å². The Kier molecular flexibility index (Phi) is 6.90. The maximum atomic E-state index is 13.1. The fourth-order valence-electron chi connectivity index (χ4n) is 3.26. The third-order valence-electron chi connectivity index (χ3n) is 4.88. The zero-order valence-corrected chi connectivity index (χ0v) is 17.0. The van der Waals surface area contributed by atoms with Crippen molar-refractivity contribution in [1.82, 2.24) is 9.55 Å². The van der Waals surface area contributed by atoms with E-state index in [4.69, 9.17) is 10.2 Å². The van der Waals surface area contributed by atoms with E-state index in [9.17, 15) is 14.4 Å². The van der Waals surface area contributed by atoms with E-state index in [1.165, 1.54) is 15.7 Å². The van der Waals surface area contributed by atoms with Crippen LogP contribution in [0.5, 0.6) is 0 Å². The number of nitrogens with one attached hydrogen (secondary N) is 1. The summed E-state index contributed by atoms with van der Waals surface area (Å²) in [5.41, 5.74) is 5.93. The summed E-state index contributed by atoms with van der Waals surface area (Å²) >= 11 is 0. The predicted octanol–water partition coefficient (Wildman–Crippen LogP) is 2.68. The summed E-state index contributed by atoms with van der Waals surface area (Å²) in [6.45, 7) is 2.39. The number of aromatic amines is 1. The minimum atomic E-state index is -0.690. The van der Waals surface area contributed by atoms with Crippen LogP contribution in [0.3, 0.4) is 0 Å². The molecule has 8 nitrogen and oxygen atoms in total. The standard InChI is InChI=1S/C22H26N4O4/c1-2-3-13-25-20(23)19(21(28)24-22(25)29)26(15-17-10-7-14-30-17)18(27)12-11-16-8-5-4-6-9-16/h4-10,14H,2-3,11-13,15,23H2,1H3,(H,24,28,29). The molecule has 0 aliphatic carbocycles. The van der Waals surface area contributed by atoms with Crippen LogP contribution in [0.1, 0.15) is 37.5 Å². The van der Waals surface area contributed by atoms with E-state index in [0.29, 0.717) is 18.7 Å². The lowest BCUT2D eigenvalue weighted by molar-refractivity contribution is -0.118. The van der Waals surface area contributed by atoms with E-state index < -0.39 is 11.2 Å². The molecule has 2 aromatic heterocycles. The van der Waals surface area contributed by atoms with Gasteiger partial charge in [-0.3, -0.25) is 24.0 Å². The summed E-state index contributed by atoms with van der Waals surface area (Å²) in [6.07, 6.45) is 3.76. The Morgan fingerprint density at radius 1 is 1.17 bits per heavy atom. The second-order valence-electron chi connectivity index (χ2n) is 7.04. The van der Waals surface area contributed by atoms with Crippen LogP contribution in [0.15, 0.2) is 62.7 Å². The van der Waals surface area contributed by atoms with Crippen molar-refractivity contribution in [1.29, 1.82) is 0 Å². The highest BCUT2D eigenvalue weighted by atomic mass is 16.3. The SMILES string of the molecule is CCCCn1c(N)c(N(Cc2ccco2)C(=O)CCc2ccccc2)c(=O)[nH]c1=O. The van der Waals surface area contributed by atoms with E-state index in [-0.39, 0.29) is 30.4 Å². The summed E-state index contributed by atoms with van der Waals surface area (Å²) in [5.74, 6) is 0.207. The molecule has 0 aliphatic heterocycles. The van der Waals surface area contributed by atoms with E-state index in [0.717, 1.165) is 18.4 Å². The van der Waals surface area contributed by atoms with Crippen LogP contribution in [-0.2, 0) is 24.3 Å². The number of nitrogens with zero attached hydrogens (tertiary/aromatic N) is 2. The van der Waals surface area contributed by atoms with Crippen LogP contribution in [0, 0.1) is 0 Å². The molecule has 3 rings (SSSR count). The molecule has 158 valence electrons. The van der Waals surface area contributed by atoms with Gasteiger partial charge in [0, 0.05) is 13.0 Å². The summed E-state index contributed by atoms with van der Waals surface area (Å²) in [5, 5.41) is 0. The van der Waals surface area contributed by atoms with Crippen molar-refractivity contribution in [3.63, 3.8) is 0 Å². The zero-order chi connectivity index (χ0) is 21.5. The van der Waals surface area contributed by atoms with Crippen molar-refractivity contribution < 1.29 is 9.21 Å². The van der Waals surface area contributed by atoms with Crippen LogP contribution in [-0.4, -0.2) is 15.5 Å². The molecule has 3 aromatic rings. The molecule has 0 saturated heterocycles. The first-order chi connectivity index (χ1) is 14.5. The second-order valence-corrected chi connectivity index (χ2v) is 7.04. The normalized spacial score (nSPS) is 10.8. The van der Waals surface area contributed by atoms with Gasteiger partial charge in [0.2, 0.25) is 5.91 Å². The van der Waals surface area contributed by atoms with Gasteiger partial charge in [-0.05, 0) is 30.5 Å². The Balaban J connectivity index is 1.96. The molecule has 0 fully saturated rings. The number of benzene rings is 1. The topological polar surface area (TPSA) is 114 Å². The first kappa shape index (κ1) is 21.2. The molecular formula is C22H26N4O4. The molecule has 0 aliphatic rings. The number of aromatic nitrogens is 2. The third-order valence-corrected chi connectivity index (χ3v) is 4.88. The molecular weight excluding hydrogens is 384 g/mol. The monoisotopic (exact) mass is 410 g/mol. The Bertz CT molecular complexity index is 1080. The molecule has 0 atom stereocenters. The van der Waals surface area contributed by atoms with Crippen LogP contribution in [0.25, 0.3) is 0 Å². The summed E-state index contributed by atoms with van der Waals surface area (Å²) < 4.78 is 6.69. The van der Waals surface area contributed by atoms with Gasteiger partial charge in [-0.1, -0.05) is 43.7 Å². The molecule has 1 aromatic carbocycles. The number of aryl methyl sites for hydroxylation is 1. The van der Waals surface area contributed by atoms with E-state index >= 15 is 0 Å². The quantitative estimate of drug-likeness (QED) is 0.563. The lowest BCUT2D eigenvalue weighted by Gasteiger charge is -2.24. The molecule has 1 amide bonds. The number of carbonyl (C=O) groups is 1. The highest BCUT2D eigenvalue weighted by Gasteiger charge is 2.25. The number of furan rings is 1. The van der Waals surface area contributed by atoms with Gasteiger partial charge in [0.15, 0.2) is 5.69 Å². The van der Waals surface area contributed by atoms with Gasteiger partial charge < -0.3 is 10.2 Å². The summed E-state index contributed by atoms with van der Waals surface area (Å²) in [7, 11) is 0. The number of rotatable bonds is 9. The van der Waals surface area contributed by atoms with Crippen molar-refractivity contribution >= 4 is 17.4 Å². The van der Waals surface area contributed by atoms with Crippen molar-refractivity contribution in [2.45, 2.75) is 45.7 Å². The van der Waals surface area contributed by atoms with Gasteiger partial charge in [-0.15, -0.1) is 0 Å². The van der Waals surface area contributed by atoms with Gasteiger partial charge in [0.05, 0.1) is 12.8 Å². The lowest BCUT2D eigenvalue weighted by Crippen LogP contribution is -2.41. The molecule has 3 N–H and O–H groups in total. The first-order valence-corrected chi connectivity index (χ1v) is 10.0. The van der Waals surface area contributed by atoms with Crippen molar-refractivity contribution in [3.8, 4) is 0 Å². The molecule has 0 unspecified atom stereocenters. The van der Waals surface area contributed by atoms with Crippen molar-refractivity contribution in [3.05, 3.63) is 80.9 Å². The number of hydrogen-bond acceptors (Lipinski definition) is 5. The number of amides is 1. The van der Waals surface area contributed by atoms with Crippen molar-refractivity contribution in [2.24, 2.45) is 0 Å². The average molecular weight is 410 g/mol. The average Bonchev–Trinajstić information content (AvgIpc) is 3.25. The summed E-state index contributed by atoms with van der Waals surface area (Å²) in [4.78, 5) is 41.6. The third kappa shape index (κ3) is 4.89. The van der Waals surface area contributed by atoms with Gasteiger partial charge in [-0.2, -0.15) is 0 Å². The maximum Gasteiger partial charge on any atom is 0.330 e. The highest BCUT2D eigenvalue weighted by Crippen LogP contribution is 2.21. The van der Waals surface area contributed by atoms with E-state index in [1.807, 2.05) is 37.3 Å². The van der Waals surface area contributed by atoms with Crippen LogP contribution in [0.2, 0.25) is 0 Å². The van der Waals surface area contributed by atoms with Crippen LogP contribution < -0.4 is 21.9 Å². The molecule has 8 heteroatoms. The number of nitrogen functional groups attached to an aromatic ring is 1. The number of unbranched alkanes of at least 4 members (excludes halogenated alkanes) is 1. The number of carbonyl (C=O) groups excluding carboxylic acids is 1. The summed E-state index contributed by atoms with van der Waals surface area (Å²) in [6, 6.07) is 13.0. The van der Waals surface area contributed by atoms with Crippen molar-refractivity contribution in [2.75, 3.05) is 10.6 Å². The molecule has 0 radical (unpaired) electrons. The number of anilines is 2. The number of hydrogen-bond donors (Lipinski definition) is 2. The Labute approximate surface area is 173 Å². The predicted molar refractivity (Wildman–Crippen MR) is 115 cm³/mol. The highest BCUT2D eigenvalue weighted by molar-refractivity contribution is 5.95. The Hall–Kier alpha value is -3.55. The Morgan fingerprint density at radius 3 is 2.60 bits per heavy atom. The first-order valence-electron chi connectivity index (χ1n) is 10.0. The zero-order valence-electron chi connectivity index (χ0n) is 17.0. The fourth-order valence-corrected chi connectivity index (χ4v) is 3.26. The number of H-pyrrole nitrogens is 1. The van der Waals surface area contributed by atoms with Gasteiger partial charge >= 0.3 is 5.69 Å². The minimum Gasteiger partial charge on any atom is -0.467 e. The van der Waals surface area contributed by atoms with E-state index in [1.54, 1.807) is 12.1 Å². The smallest absolute Gasteiger partial charge is 0.330 e. The molecule has 0 spiro atoms. The van der Waals surface area contributed by atoms with Crippen LogP contribution in [0.4, 0.5) is 11.5 Å². The Morgan fingerprint density at radius 2 is 1.93 bits per heavy atom. The fraction of sp³-hybridized carbons (Fsp3) is 0.318. The molecule has 30 heavy (non-hydrogen) atoms. The second kappa shape index (κ2) is 9.78. The van der Waals surface area contributed by atoms with Gasteiger partial charge in [0.25, 0.3) is 5.56 Å². The molecule has 2 heterocycles. The maximum absolute atomic E-state index is 13.1. The minimum absolute atomic E-state index is 0.0168. The van der Waals surface area contributed by atoms with Gasteiger partial charge in [-0.25, -0.2) is 4.79 Å². The van der Waals surface area contributed by atoms with E-state index in [2.05, 4.69) is 4.98 Å². The molecule has 0 saturated carbocycles. The number of nitrogens with two attached hydrogens (primary N) is 1. The largest absolute Gasteiger partial charge is 0.467 e. The lowest BCUT2D eigenvalue weighted by atomic mass is 10.1. The molecule has 0 bridgehead atoms. The van der Waals surface area contributed by atoms with Crippen LogP contribution >= 0.6 is 0 Å².